The second-order valence-electron chi connectivity index (χ2n) is 8.69. The van der Waals surface area contributed by atoms with Crippen LogP contribution in [0.25, 0.3) is 22.2 Å². The van der Waals surface area contributed by atoms with Gasteiger partial charge in [-0.2, -0.15) is 13.2 Å². The third kappa shape index (κ3) is 4.28. The molecule has 0 bridgehead atoms. The Morgan fingerprint density at radius 2 is 1.42 bits per heavy atom. The van der Waals surface area contributed by atoms with Crippen LogP contribution in [-0.2, 0) is 6.18 Å². The van der Waals surface area contributed by atoms with E-state index >= 15 is 0 Å². The lowest BCUT2D eigenvalue weighted by molar-refractivity contribution is -0.137. The van der Waals surface area contributed by atoms with Crippen molar-refractivity contribution in [3.63, 3.8) is 0 Å². The number of aromatic nitrogens is 1. The summed E-state index contributed by atoms with van der Waals surface area (Å²) in [5.41, 5.74) is 4.47. The standard InChI is InChI=1S/C27H26F3N3/c1-32-15-17-33(18-16-32)26(20-11-13-21(14-12-20)27(28,29)30)24-22-9-5-6-10-23(22)31-25(24)19-7-3-2-4-8-19/h2-14,26,31H,15-18H2,1H3. The third-order valence-electron chi connectivity index (χ3n) is 6.54. The van der Waals surface area contributed by atoms with Gasteiger partial charge in [-0.05, 0) is 36.4 Å². The lowest BCUT2D eigenvalue weighted by Crippen LogP contribution is -2.46. The molecule has 2 heterocycles. The summed E-state index contributed by atoms with van der Waals surface area (Å²) in [6.45, 7) is 3.52. The number of H-pyrrole nitrogens is 1. The molecule has 0 spiro atoms. The second kappa shape index (κ2) is 8.69. The SMILES string of the molecule is CN1CCN(C(c2ccc(C(F)(F)F)cc2)c2c(-c3ccccc3)[nH]c3ccccc23)CC1. The van der Waals surface area contributed by atoms with Crippen LogP contribution in [0.15, 0.2) is 78.9 Å². The van der Waals surface area contributed by atoms with E-state index in [2.05, 4.69) is 46.1 Å². The van der Waals surface area contributed by atoms with Gasteiger partial charge >= 0.3 is 6.18 Å². The second-order valence-corrected chi connectivity index (χ2v) is 8.69. The van der Waals surface area contributed by atoms with E-state index in [-0.39, 0.29) is 6.04 Å². The van der Waals surface area contributed by atoms with Crippen LogP contribution in [0.3, 0.4) is 0 Å². The molecule has 1 aromatic heterocycles. The fourth-order valence-corrected chi connectivity index (χ4v) is 4.77. The highest BCUT2D eigenvalue weighted by Crippen LogP contribution is 2.41. The van der Waals surface area contributed by atoms with Gasteiger partial charge in [0.15, 0.2) is 0 Å². The van der Waals surface area contributed by atoms with Crippen LogP contribution in [0.2, 0.25) is 0 Å². The van der Waals surface area contributed by atoms with E-state index in [0.29, 0.717) is 0 Å². The monoisotopic (exact) mass is 449 g/mol. The first kappa shape index (κ1) is 21.7. The zero-order chi connectivity index (χ0) is 23.0. The van der Waals surface area contributed by atoms with Gasteiger partial charge in [-0.3, -0.25) is 4.90 Å². The molecule has 5 rings (SSSR count). The van der Waals surface area contributed by atoms with Gasteiger partial charge in [0.25, 0.3) is 0 Å². The summed E-state index contributed by atoms with van der Waals surface area (Å²) < 4.78 is 39.8. The van der Waals surface area contributed by atoms with Crippen LogP contribution in [0.1, 0.15) is 22.7 Å². The van der Waals surface area contributed by atoms with E-state index in [9.17, 15) is 13.2 Å². The molecule has 4 aromatic rings. The van der Waals surface area contributed by atoms with Gasteiger partial charge in [0.05, 0.1) is 17.3 Å². The number of hydrogen-bond acceptors (Lipinski definition) is 2. The maximum absolute atomic E-state index is 13.3. The Morgan fingerprint density at radius 1 is 0.788 bits per heavy atom. The zero-order valence-electron chi connectivity index (χ0n) is 18.4. The van der Waals surface area contributed by atoms with Gasteiger partial charge in [0.2, 0.25) is 0 Å². The van der Waals surface area contributed by atoms with Gasteiger partial charge in [0.1, 0.15) is 0 Å². The van der Waals surface area contributed by atoms with Crippen molar-refractivity contribution in [3.8, 4) is 11.3 Å². The van der Waals surface area contributed by atoms with E-state index in [1.54, 1.807) is 12.1 Å². The Morgan fingerprint density at radius 3 is 2.09 bits per heavy atom. The van der Waals surface area contributed by atoms with Crippen LogP contribution in [0, 0.1) is 0 Å². The molecule has 1 saturated heterocycles. The molecule has 3 aromatic carbocycles. The van der Waals surface area contributed by atoms with Crippen molar-refractivity contribution in [1.82, 2.24) is 14.8 Å². The van der Waals surface area contributed by atoms with Crippen LogP contribution in [0.4, 0.5) is 13.2 Å². The summed E-state index contributed by atoms with van der Waals surface area (Å²) in [5, 5.41) is 1.10. The third-order valence-corrected chi connectivity index (χ3v) is 6.54. The van der Waals surface area contributed by atoms with E-state index in [1.165, 1.54) is 12.1 Å². The van der Waals surface area contributed by atoms with Crippen LogP contribution in [0.5, 0.6) is 0 Å². The van der Waals surface area contributed by atoms with E-state index in [0.717, 1.165) is 59.5 Å². The molecule has 1 fully saturated rings. The zero-order valence-corrected chi connectivity index (χ0v) is 18.4. The summed E-state index contributed by atoms with van der Waals surface area (Å²) in [7, 11) is 2.10. The molecule has 1 atom stereocenters. The lowest BCUT2D eigenvalue weighted by atomic mass is 9.91. The van der Waals surface area contributed by atoms with Gasteiger partial charge in [0, 0.05) is 42.6 Å². The molecule has 3 nitrogen and oxygen atoms in total. The molecule has 6 heteroatoms. The average Bonchev–Trinajstić information content (AvgIpc) is 3.20. The van der Waals surface area contributed by atoms with E-state index < -0.39 is 11.7 Å². The Kier molecular flexibility index (Phi) is 5.72. The Labute approximate surface area is 191 Å². The molecule has 1 aliphatic heterocycles. The van der Waals surface area contributed by atoms with Gasteiger partial charge in [-0.15, -0.1) is 0 Å². The number of aromatic amines is 1. The molecule has 1 N–H and O–H groups in total. The Balaban J connectivity index is 1.70. The van der Waals surface area contributed by atoms with Crippen molar-refractivity contribution < 1.29 is 13.2 Å². The minimum Gasteiger partial charge on any atom is -0.354 e. The quantitative estimate of drug-likeness (QED) is 0.401. The first-order valence-electron chi connectivity index (χ1n) is 11.2. The first-order chi connectivity index (χ1) is 15.9. The smallest absolute Gasteiger partial charge is 0.354 e. The summed E-state index contributed by atoms with van der Waals surface area (Å²) in [4.78, 5) is 8.28. The predicted octanol–water partition coefficient (Wildman–Crippen LogP) is 6.19. The number of hydrogen-bond donors (Lipinski definition) is 1. The minimum absolute atomic E-state index is 0.160. The normalized spacial score (nSPS) is 16.8. The number of nitrogens with one attached hydrogen (secondary N) is 1. The number of halogens is 3. The Bertz CT molecular complexity index is 1220. The number of fused-ring (bicyclic) bond motifs is 1. The molecular weight excluding hydrogens is 423 g/mol. The van der Waals surface area contributed by atoms with E-state index in [1.807, 2.05) is 30.3 Å². The molecule has 0 saturated carbocycles. The summed E-state index contributed by atoms with van der Waals surface area (Å²) in [6.07, 6.45) is -4.35. The number of piperazine rings is 1. The highest BCUT2D eigenvalue weighted by Gasteiger charge is 2.33. The average molecular weight is 450 g/mol. The molecule has 170 valence electrons. The van der Waals surface area contributed by atoms with Gasteiger partial charge < -0.3 is 9.88 Å². The van der Waals surface area contributed by atoms with E-state index in [4.69, 9.17) is 0 Å². The minimum atomic E-state index is -4.35. The fourth-order valence-electron chi connectivity index (χ4n) is 4.77. The number of benzene rings is 3. The molecular formula is C27H26F3N3. The lowest BCUT2D eigenvalue weighted by Gasteiger charge is -2.38. The van der Waals surface area contributed by atoms with Crippen LogP contribution >= 0.6 is 0 Å². The highest BCUT2D eigenvalue weighted by atomic mass is 19.4. The predicted molar refractivity (Wildman–Crippen MR) is 126 cm³/mol. The van der Waals surface area contributed by atoms with Crippen molar-refractivity contribution in [2.75, 3.05) is 33.2 Å². The number of nitrogens with zero attached hydrogens (tertiary/aromatic N) is 2. The Hall–Kier alpha value is -3.09. The molecule has 1 unspecified atom stereocenters. The topological polar surface area (TPSA) is 22.3 Å². The van der Waals surface area contributed by atoms with Gasteiger partial charge in [-0.25, -0.2) is 0 Å². The summed E-state index contributed by atoms with van der Waals surface area (Å²) in [6, 6.07) is 23.8. The van der Waals surface area contributed by atoms with Crippen molar-refractivity contribution in [2.45, 2.75) is 12.2 Å². The number of para-hydroxylation sites is 1. The fraction of sp³-hybridized carbons (Fsp3) is 0.259. The van der Waals surface area contributed by atoms with Gasteiger partial charge in [-0.1, -0.05) is 60.7 Å². The van der Waals surface area contributed by atoms with Crippen molar-refractivity contribution in [3.05, 3.63) is 95.6 Å². The first-order valence-corrected chi connectivity index (χ1v) is 11.2. The summed E-state index contributed by atoms with van der Waals surface area (Å²) >= 11 is 0. The van der Waals surface area contributed by atoms with Crippen molar-refractivity contribution in [1.29, 1.82) is 0 Å². The molecule has 0 amide bonds. The summed E-state index contributed by atoms with van der Waals surface area (Å²) in [5.74, 6) is 0. The molecule has 1 aliphatic rings. The molecule has 33 heavy (non-hydrogen) atoms. The van der Waals surface area contributed by atoms with Crippen molar-refractivity contribution in [2.24, 2.45) is 0 Å². The van der Waals surface area contributed by atoms with Crippen LogP contribution < -0.4 is 0 Å². The largest absolute Gasteiger partial charge is 0.416 e. The van der Waals surface area contributed by atoms with Crippen LogP contribution in [-0.4, -0.2) is 48.0 Å². The highest BCUT2D eigenvalue weighted by molar-refractivity contribution is 5.91. The number of likely N-dealkylation sites (N-methyl/N-ethyl adjacent to an activating group) is 1. The maximum Gasteiger partial charge on any atom is 0.416 e. The van der Waals surface area contributed by atoms with Crippen molar-refractivity contribution >= 4 is 10.9 Å². The maximum atomic E-state index is 13.3. The molecule has 0 aliphatic carbocycles. The molecule has 0 radical (unpaired) electrons. The number of alkyl halides is 3. The number of rotatable bonds is 4.